The average molecular weight is 478 g/mol. The van der Waals surface area contributed by atoms with E-state index < -0.39 is 5.97 Å². The minimum atomic E-state index is -1.01. The zero-order valence-corrected chi connectivity index (χ0v) is 19.8. The van der Waals surface area contributed by atoms with E-state index in [2.05, 4.69) is 17.6 Å². The summed E-state index contributed by atoms with van der Waals surface area (Å²) in [6.07, 6.45) is 2.51. The maximum atomic E-state index is 12.6. The van der Waals surface area contributed by atoms with E-state index in [1.807, 2.05) is 19.1 Å². The molecule has 0 radical (unpaired) electrons. The van der Waals surface area contributed by atoms with Crippen LogP contribution in [0.4, 0.5) is 5.00 Å². The molecule has 1 aliphatic carbocycles. The molecular formula is C23H28ClN3O4S. The molecule has 2 aromatic rings. The van der Waals surface area contributed by atoms with Crippen LogP contribution < -0.4 is 10.6 Å². The Balaban J connectivity index is 1.56. The van der Waals surface area contributed by atoms with Gasteiger partial charge in [-0.1, -0.05) is 37.6 Å². The Bertz CT molecular complexity index is 990. The van der Waals surface area contributed by atoms with Crippen molar-refractivity contribution in [3.63, 3.8) is 0 Å². The van der Waals surface area contributed by atoms with Gasteiger partial charge in [-0.05, 0) is 55.0 Å². The molecule has 1 aromatic carbocycles. The molecular weight excluding hydrogens is 450 g/mol. The second kappa shape index (κ2) is 10.9. The van der Waals surface area contributed by atoms with Gasteiger partial charge in [0.1, 0.15) is 5.00 Å². The Morgan fingerprint density at radius 2 is 1.88 bits per heavy atom. The van der Waals surface area contributed by atoms with Gasteiger partial charge in [-0.2, -0.15) is 0 Å². The van der Waals surface area contributed by atoms with Crippen LogP contribution in [0.15, 0.2) is 24.3 Å². The van der Waals surface area contributed by atoms with Crippen LogP contribution in [0.1, 0.15) is 46.6 Å². The van der Waals surface area contributed by atoms with Crippen molar-refractivity contribution in [2.24, 2.45) is 5.92 Å². The van der Waals surface area contributed by atoms with E-state index in [1.165, 1.54) is 11.3 Å². The van der Waals surface area contributed by atoms with E-state index in [4.69, 9.17) is 11.6 Å². The highest BCUT2D eigenvalue weighted by molar-refractivity contribution is 7.17. The summed E-state index contributed by atoms with van der Waals surface area (Å²) in [4.78, 5) is 39.5. The summed E-state index contributed by atoms with van der Waals surface area (Å²) >= 11 is 7.23. The van der Waals surface area contributed by atoms with Gasteiger partial charge >= 0.3 is 5.97 Å². The standard InChI is InChI=1S/C23H28ClN3O4S/c1-3-27(12-19(28)25-11-15-5-7-16(24)8-6-15)13-20(29)26-22-21(23(30)31)17-9-4-14(2)10-18(17)32-22/h5-8,14H,3-4,9-13H2,1-2H3,(H,25,28)(H,26,29)(H,30,31). The van der Waals surface area contributed by atoms with Crippen LogP contribution >= 0.6 is 22.9 Å². The molecule has 0 spiro atoms. The van der Waals surface area contributed by atoms with E-state index >= 15 is 0 Å². The first-order valence-electron chi connectivity index (χ1n) is 10.7. The fourth-order valence-electron chi connectivity index (χ4n) is 3.78. The number of halogens is 1. The molecule has 32 heavy (non-hydrogen) atoms. The Labute approximate surface area is 196 Å². The van der Waals surface area contributed by atoms with E-state index in [0.717, 1.165) is 35.3 Å². The number of thiophene rings is 1. The molecule has 1 heterocycles. The van der Waals surface area contributed by atoms with E-state index in [0.29, 0.717) is 29.0 Å². The number of benzene rings is 1. The highest BCUT2D eigenvalue weighted by Gasteiger charge is 2.28. The predicted molar refractivity (Wildman–Crippen MR) is 127 cm³/mol. The second-order valence-corrected chi connectivity index (χ2v) is 9.66. The van der Waals surface area contributed by atoms with Crippen LogP contribution in [-0.4, -0.2) is 47.4 Å². The molecule has 0 aliphatic heterocycles. The molecule has 9 heteroatoms. The summed E-state index contributed by atoms with van der Waals surface area (Å²) in [5.74, 6) is -1.03. The molecule has 0 fully saturated rings. The largest absolute Gasteiger partial charge is 0.478 e. The summed E-state index contributed by atoms with van der Waals surface area (Å²) in [7, 11) is 0. The highest BCUT2D eigenvalue weighted by Crippen LogP contribution is 2.39. The van der Waals surface area contributed by atoms with Crippen molar-refractivity contribution < 1.29 is 19.5 Å². The average Bonchev–Trinajstić information content (AvgIpc) is 3.09. The number of hydrogen-bond donors (Lipinski definition) is 3. The van der Waals surface area contributed by atoms with Gasteiger partial charge < -0.3 is 15.7 Å². The molecule has 3 rings (SSSR count). The third kappa shape index (κ3) is 6.31. The molecule has 1 atom stereocenters. The fourth-order valence-corrected chi connectivity index (χ4v) is 5.32. The topological polar surface area (TPSA) is 98.7 Å². The Kier molecular flexibility index (Phi) is 8.28. The number of nitrogens with one attached hydrogen (secondary N) is 2. The lowest BCUT2D eigenvalue weighted by molar-refractivity contribution is -0.123. The van der Waals surface area contributed by atoms with Crippen molar-refractivity contribution in [1.82, 2.24) is 10.2 Å². The molecule has 1 unspecified atom stereocenters. The van der Waals surface area contributed by atoms with Gasteiger partial charge in [0.05, 0.1) is 18.7 Å². The Morgan fingerprint density at radius 1 is 1.19 bits per heavy atom. The maximum absolute atomic E-state index is 12.6. The van der Waals surface area contributed by atoms with Crippen LogP contribution in [0.25, 0.3) is 0 Å². The number of anilines is 1. The van der Waals surface area contributed by atoms with Gasteiger partial charge in [0.15, 0.2) is 0 Å². The van der Waals surface area contributed by atoms with Gasteiger partial charge in [0.25, 0.3) is 0 Å². The van der Waals surface area contributed by atoms with Crippen molar-refractivity contribution in [1.29, 1.82) is 0 Å². The lowest BCUT2D eigenvalue weighted by atomic mass is 9.88. The van der Waals surface area contributed by atoms with Gasteiger partial charge in [0.2, 0.25) is 11.8 Å². The molecule has 0 bridgehead atoms. The highest BCUT2D eigenvalue weighted by atomic mass is 35.5. The zero-order valence-electron chi connectivity index (χ0n) is 18.2. The molecule has 0 saturated heterocycles. The Hall–Kier alpha value is -2.42. The SMILES string of the molecule is CCN(CC(=O)NCc1ccc(Cl)cc1)CC(=O)Nc1sc2c(c1C(=O)O)CCC(C)C2. The molecule has 0 saturated carbocycles. The number of fused-ring (bicyclic) bond motifs is 1. The lowest BCUT2D eigenvalue weighted by Crippen LogP contribution is -2.40. The minimum Gasteiger partial charge on any atom is -0.478 e. The minimum absolute atomic E-state index is 0.00287. The molecule has 2 amide bonds. The smallest absolute Gasteiger partial charge is 0.339 e. The van der Waals surface area contributed by atoms with Crippen molar-refractivity contribution in [3.05, 3.63) is 50.9 Å². The third-order valence-electron chi connectivity index (χ3n) is 5.56. The number of amides is 2. The molecule has 3 N–H and O–H groups in total. The summed E-state index contributed by atoms with van der Waals surface area (Å²) in [5, 5.41) is 16.3. The van der Waals surface area contributed by atoms with Gasteiger partial charge in [0, 0.05) is 16.4 Å². The van der Waals surface area contributed by atoms with Gasteiger partial charge in [-0.25, -0.2) is 4.79 Å². The van der Waals surface area contributed by atoms with Crippen LogP contribution in [-0.2, 0) is 29.0 Å². The summed E-state index contributed by atoms with van der Waals surface area (Å²) in [6, 6.07) is 7.21. The molecule has 1 aliphatic rings. The van der Waals surface area contributed by atoms with E-state index in [-0.39, 0.29) is 30.5 Å². The second-order valence-electron chi connectivity index (χ2n) is 8.12. The van der Waals surface area contributed by atoms with Crippen LogP contribution in [0.2, 0.25) is 5.02 Å². The van der Waals surface area contributed by atoms with Crippen LogP contribution in [0, 0.1) is 5.92 Å². The van der Waals surface area contributed by atoms with Gasteiger partial charge in [-0.15, -0.1) is 11.3 Å². The first-order valence-corrected chi connectivity index (χ1v) is 11.9. The quantitative estimate of drug-likeness (QED) is 0.510. The van der Waals surface area contributed by atoms with Gasteiger partial charge in [-0.3, -0.25) is 14.5 Å². The predicted octanol–water partition coefficient (Wildman–Crippen LogP) is 3.80. The number of nitrogens with zero attached hydrogens (tertiary/aromatic N) is 1. The number of carbonyl (C=O) groups excluding carboxylic acids is 2. The number of aromatic carboxylic acids is 1. The normalized spacial score (nSPS) is 15.3. The van der Waals surface area contributed by atoms with Crippen molar-refractivity contribution in [2.75, 3.05) is 25.0 Å². The molecule has 172 valence electrons. The molecule has 7 nitrogen and oxygen atoms in total. The fraction of sp³-hybridized carbons (Fsp3) is 0.435. The lowest BCUT2D eigenvalue weighted by Gasteiger charge is -2.19. The Morgan fingerprint density at radius 3 is 2.53 bits per heavy atom. The van der Waals surface area contributed by atoms with Crippen LogP contribution in [0.5, 0.6) is 0 Å². The van der Waals surface area contributed by atoms with E-state index in [1.54, 1.807) is 17.0 Å². The van der Waals surface area contributed by atoms with Crippen molar-refractivity contribution in [2.45, 2.75) is 39.7 Å². The number of likely N-dealkylation sites (N-methyl/N-ethyl adjacent to an activating group) is 1. The number of carboxylic acids is 1. The number of rotatable bonds is 9. The summed E-state index contributed by atoms with van der Waals surface area (Å²) in [5.41, 5.74) is 2.00. The summed E-state index contributed by atoms with van der Waals surface area (Å²) in [6.45, 7) is 4.98. The van der Waals surface area contributed by atoms with E-state index in [9.17, 15) is 19.5 Å². The maximum Gasteiger partial charge on any atom is 0.339 e. The number of carbonyl (C=O) groups is 3. The molecule has 1 aromatic heterocycles. The number of carboxylic acid groups (broad SMARTS) is 1. The zero-order chi connectivity index (χ0) is 23.3. The monoisotopic (exact) mass is 477 g/mol. The summed E-state index contributed by atoms with van der Waals surface area (Å²) < 4.78 is 0. The first kappa shape index (κ1) is 24.2. The van der Waals surface area contributed by atoms with Crippen LogP contribution in [0.3, 0.4) is 0 Å². The third-order valence-corrected chi connectivity index (χ3v) is 6.98. The number of hydrogen-bond acceptors (Lipinski definition) is 5. The van der Waals surface area contributed by atoms with Crippen molar-refractivity contribution in [3.8, 4) is 0 Å². The first-order chi connectivity index (χ1) is 15.3. The van der Waals surface area contributed by atoms with Crippen molar-refractivity contribution >= 4 is 45.7 Å².